The van der Waals surface area contributed by atoms with Crippen LogP contribution >= 0.6 is 10.7 Å². The molecule has 108 valence electrons. The van der Waals surface area contributed by atoms with Crippen LogP contribution in [-0.4, -0.2) is 29.3 Å². The number of hydrogen-bond donors (Lipinski definition) is 0. The Balaban J connectivity index is 2.91. The molecule has 0 amide bonds. The summed E-state index contributed by atoms with van der Waals surface area (Å²) in [5.74, 6) is -1.01. The molecule has 12 heteroatoms. The minimum Gasteiger partial charge on any atom is -0.358 e. The lowest BCUT2D eigenvalue weighted by Crippen LogP contribution is -2.09. The second-order valence-electron chi connectivity index (χ2n) is 3.49. The number of nitrogens with zero attached hydrogens (tertiary/aromatic N) is 3. The van der Waals surface area contributed by atoms with Gasteiger partial charge in [-0.15, -0.1) is 0 Å². The molecule has 0 saturated carbocycles. The van der Waals surface area contributed by atoms with Crippen LogP contribution in [0.2, 0.25) is 0 Å². The van der Waals surface area contributed by atoms with Gasteiger partial charge < -0.3 is 10.1 Å². The van der Waals surface area contributed by atoms with E-state index in [1.54, 1.807) is 0 Å². The van der Waals surface area contributed by atoms with Crippen molar-refractivity contribution in [2.75, 3.05) is 0 Å². The molecule has 0 aromatic carbocycles. The highest BCUT2D eigenvalue weighted by molar-refractivity contribution is 8.13. The minimum absolute atomic E-state index is 0.313. The fraction of sp³-hybridized carbons (Fsp3) is 0.571. The SMILES string of the molecule is O=[N+]([O-])c1nn(CCCC(F)(F)F)cc1S(=O)(=O)Cl. The van der Waals surface area contributed by atoms with Gasteiger partial charge >= 0.3 is 12.0 Å². The Labute approximate surface area is 109 Å². The van der Waals surface area contributed by atoms with Crippen LogP contribution in [0.15, 0.2) is 11.1 Å². The van der Waals surface area contributed by atoms with E-state index >= 15 is 0 Å². The maximum atomic E-state index is 11.9. The summed E-state index contributed by atoms with van der Waals surface area (Å²) in [5, 5.41) is 13.8. The normalized spacial score (nSPS) is 12.6. The lowest BCUT2D eigenvalue weighted by Gasteiger charge is -2.03. The summed E-state index contributed by atoms with van der Waals surface area (Å²) in [4.78, 5) is 8.63. The maximum Gasteiger partial charge on any atom is 0.410 e. The number of alkyl halides is 3. The van der Waals surface area contributed by atoms with Crippen molar-refractivity contribution < 1.29 is 26.5 Å². The van der Waals surface area contributed by atoms with Crippen molar-refractivity contribution in [2.24, 2.45) is 0 Å². The van der Waals surface area contributed by atoms with E-state index in [0.717, 1.165) is 10.9 Å². The predicted molar refractivity (Wildman–Crippen MR) is 57.2 cm³/mol. The molecule has 1 aromatic rings. The summed E-state index contributed by atoms with van der Waals surface area (Å²) < 4.78 is 58.5. The average molecular weight is 322 g/mol. The summed E-state index contributed by atoms with van der Waals surface area (Å²) in [7, 11) is 0.576. The Morgan fingerprint density at radius 1 is 1.47 bits per heavy atom. The zero-order chi connectivity index (χ0) is 14.8. The van der Waals surface area contributed by atoms with Crippen molar-refractivity contribution in [3.05, 3.63) is 16.3 Å². The number of rotatable bonds is 5. The van der Waals surface area contributed by atoms with Gasteiger partial charge in [0.1, 0.15) is 0 Å². The summed E-state index contributed by atoms with van der Waals surface area (Å²) in [5.41, 5.74) is 0. The largest absolute Gasteiger partial charge is 0.410 e. The molecule has 1 rings (SSSR count). The fourth-order valence-corrected chi connectivity index (χ4v) is 2.15. The van der Waals surface area contributed by atoms with E-state index in [9.17, 15) is 31.7 Å². The molecular weight excluding hydrogens is 315 g/mol. The Morgan fingerprint density at radius 2 is 2.05 bits per heavy atom. The average Bonchev–Trinajstić information content (AvgIpc) is 2.59. The van der Waals surface area contributed by atoms with Gasteiger partial charge in [-0.3, -0.25) is 0 Å². The van der Waals surface area contributed by atoms with Crippen LogP contribution in [0.5, 0.6) is 0 Å². The quantitative estimate of drug-likeness (QED) is 0.470. The third-order valence-corrected chi connectivity index (χ3v) is 3.30. The molecule has 7 nitrogen and oxygen atoms in total. The van der Waals surface area contributed by atoms with Gasteiger partial charge in [-0.1, -0.05) is 0 Å². The molecular formula is C7H7ClF3N3O4S. The van der Waals surface area contributed by atoms with Crippen molar-refractivity contribution in [1.29, 1.82) is 0 Å². The zero-order valence-electron chi connectivity index (χ0n) is 9.09. The molecule has 0 N–H and O–H groups in total. The van der Waals surface area contributed by atoms with E-state index in [1.807, 2.05) is 0 Å². The van der Waals surface area contributed by atoms with Gasteiger partial charge in [0.15, 0.2) is 0 Å². The Kier molecular flexibility index (Phi) is 4.40. The molecule has 0 atom stereocenters. The highest BCUT2D eigenvalue weighted by Gasteiger charge is 2.31. The van der Waals surface area contributed by atoms with E-state index in [2.05, 4.69) is 5.10 Å². The van der Waals surface area contributed by atoms with Crippen molar-refractivity contribution in [3.8, 4) is 0 Å². The number of nitro groups is 1. The molecule has 0 radical (unpaired) electrons. The summed E-state index contributed by atoms with van der Waals surface area (Å²) >= 11 is 0. The monoisotopic (exact) mass is 321 g/mol. The number of aryl methyl sites for hydroxylation is 1. The van der Waals surface area contributed by atoms with Gasteiger partial charge in [0, 0.05) is 17.1 Å². The summed E-state index contributed by atoms with van der Waals surface area (Å²) in [6.07, 6.45) is -5.12. The maximum absolute atomic E-state index is 11.9. The fourth-order valence-electron chi connectivity index (χ4n) is 1.25. The van der Waals surface area contributed by atoms with Gasteiger partial charge in [-0.05, 0) is 11.3 Å². The molecule has 1 heterocycles. The molecule has 19 heavy (non-hydrogen) atoms. The number of aromatic nitrogens is 2. The van der Waals surface area contributed by atoms with E-state index < -0.39 is 37.3 Å². The van der Waals surface area contributed by atoms with Gasteiger partial charge in [-0.2, -0.15) is 17.9 Å². The molecule has 0 aliphatic heterocycles. The third kappa shape index (κ3) is 4.67. The highest BCUT2D eigenvalue weighted by Crippen LogP contribution is 2.26. The van der Waals surface area contributed by atoms with Crippen molar-refractivity contribution >= 4 is 25.6 Å². The Hall–Kier alpha value is -1.36. The molecule has 0 spiro atoms. The third-order valence-electron chi connectivity index (χ3n) is 1.99. The van der Waals surface area contributed by atoms with Crippen LogP contribution in [0, 0.1) is 10.1 Å². The van der Waals surface area contributed by atoms with Gasteiger partial charge in [0.2, 0.25) is 4.90 Å². The van der Waals surface area contributed by atoms with Crippen molar-refractivity contribution in [3.63, 3.8) is 0 Å². The zero-order valence-corrected chi connectivity index (χ0v) is 10.7. The highest BCUT2D eigenvalue weighted by atomic mass is 35.7. The van der Waals surface area contributed by atoms with Crippen molar-refractivity contribution in [1.82, 2.24) is 9.78 Å². The Morgan fingerprint density at radius 3 is 2.42 bits per heavy atom. The standard InChI is InChI=1S/C7H7ClF3N3O4S/c8-19(17,18)5-4-13(12-6(5)14(15)16)3-1-2-7(9,10)11/h4H,1-3H2. The molecule has 0 fully saturated rings. The topological polar surface area (TPSA) is 95.1 Å². The lowest BCUT2D eigenvalue weighted by atomic mass is 10.3. The van der Waals surface area contributed by atoms with Gasteiger partial charge in [-0.25, -0.2) is 8.42 Å². The van der Waals surface area contributed by atoms with E-state index in [1.165, 1.54) is 0 Å². The molecule has 0 unspecified atom stereocenters. The molecule has 0 bridgehead atoms. The molecule has 0 aliphatic rings. The predicted octanol–water partition coefficient (Wildman–Crippen LogP) is 2.06. The smallest absolute Gasteiger partial charge is 0.358 e. The minimum atomic E-state index is -4.39. The number of halogens is 4. The second kappa shape index (κ2) is 5.33. The van der Waals surface area contributed by atoms with Crippen LogP contribution in [0.4, 0.5) is 19.0 Å². The van der Waals surface area contributed by atoms with Crippen LogP contribution < -0.4 is 0 Å². The van der Waals surface area contributed by atoms with E-state index in [4.69, 9.17) is 10.7 Å². The van der Waals surface area contributed by atoms with Crippen LogP contribution in [0.1, 0.15) is 12.8 Å². The summed E-state index contributed by atoms with van der Waals surface area (Å²) in [6.45, 7) is -0.313. The Bertz CT molecular complexity index is 583. The van der Waals surface area contributed by atoms with Gasteiger partial charge in [0.05, 0.1) is 17.8 Å². The van der Waals surface area contributed by atoms with E-state index in [0.29, 0.717) is 0 Å². The first-order valence-electron chi connectivity index (χ1n) is 4.74. The number of hydrogen-bond acceptors (Lipinski definition) is 5. The first kappa shape index (κ1) is 15.7. The van der Waals surface area contributed by atoms with Crippen LogP contribution in [-0.2, 0) is 15.6 Å². The van der Waals surface area contributed by atoms with E-state index in [-0.39, 0.29) is 13.0 Å². The van der Waals surface area contributed by atoms with Gasteiger partial charge in [0.25, 0.3) is 9.05 Å². The van der Waals surface area contributed by atoms with Crippen LogP contribution in [0.3, 0.4) is 0 Å². The molecule has 0 saturated heterocycles. The van der Waals surface area contributed by atoms with Crippen molar-refractivity contribution in [2.45, 2.75) is 30.5 Å². The summed E-state index contributed by atoms with van der Waals surface area (Å²) in [6, 6.07) is 0. The van der Waals surface area contributed by atoms with Crippen LogP contribution in [0.25, 0.3) is 0 Å². The first-order valence-corrected chi connectivity index (χ1v) is 7.05. The molecule has 1 aromatic heterocycles. The first-order chi connectivity index (χ1) is 8.50. The second-order valence-corrected chi connectivity index (χ2v) is 6.03. The molecule has 0 aliphatic carbocycles. The lowest BCUT2D eigenvalue weighted by molar-refractivity contribution is -0.392.